The Kier molecular flexibility index (Phi) is 3.07. The summed E-state index contributed by atoms with van der Waals surface area (Å²) in [5.41, 5.74) is 2.50. The molecule has 0 unspecified atom stereocenters. The van der Waals surface area contributed by atoms with Crippen LogP contribution in [0.5, 0.6) is 5.75 Å². The van der Waals surface area contributed by atoms with Crippen LogP contribution in [-0.4, -0.2) is 13.1 Å². The van der Waals surface area contributed by atoms with Crippen LogP contribution < -0.4 is 10.1 Å². The number of aryl methyl sites for hydroxylation is 1. The zero-order valence-corrected chi connectivity index (χ0v) is 9.34. The van der Waals surface area contributed by atoms with E-state index in [4.69, 9.17) is 4.74 Å². The van der Waals surface area contributed by atoms with Crippen molar-refractivity contribution in [2.24, 2.45) is 0 Å². The fraction of sp³-hybridized carbons (Fsp3) is 0.385. The molecule has 0 aromatic heterocycles. The van der Waals surface area contributed by atoms with Crippen LogP contribution in [0.25, 0.3) is 0 Å². The number of rotatable bonds is 2. The normalized spacial score (nSPS) is 16.7. The lowest BCUT2D eigenvalue weighted by atomic mass is 10.1. The van der Waals surface area contributed by atoms with Crippen molar-refractivity contribution in [1.29, 1.82) is 0 Å². The summed E-state index contributed by atoms with van der Waals surface area (Å²) in [6.45, 7) is 6.16. The Labute approximate surface area is 91.0 Å². The second kappa shape index (κ2) is 4.49. The molecule has 0 amide bonds. The third-order valence-electron chi connectivity index (χ3n) is 2.72. The molecule has 2 heteroatoms. The number of hydrogen-bond donors (Lipinski definition) is 1. The van der Waals surface area contributed by atoms with Crippen molar-refractivity contribution in [3.05, 3.63) is 41.2 Å². The number of nitrogens with one attached hydrogen (secondary N) is 1. The third kappa shape index (κ3) is 2.39. The van der Waals surface area contributed by atoms with E-state index < -0.39 is 0 Å². The summed E-state index contributed by atoms with van der Waals surface area (Å²) in [5, 5.41) is 3.33. The van der Waals surface area contributed by atoms with E-state index in [1.54, 1.807) is 0 Å². The highest BCUT2D eigenvalue weighted by Crippen LogP contribution is 2.22. The van der Waals surface area contributed by atoms with Crippen LogP contribution in [0.1, 0.15) is 18.9 Å². The molecule has 1 heterocycles. The van der Waals surface area contributed by atoms with E-state index in [-0.39, 0.29) is 0 Å². The minimum Gasteiger partial charge on any atom is -0.461 e. The first-order chi connectivity index (χ1) is 7.27. The van der Waals surface area contributed by atoms with Crippen LogP contribution in [0, 0.1) is 6.92 Å². The molecule has 0 spiro atoms. The number of para-hydroxylation sites is 1. The molecule has 2 nitrogen and oxygen atoms in total. The van der Waals surface area contributed by atoms with Crippen molar-refractivity contribution < 1.29 is 4.74 Å². The van der Waals surface area contributed by atoms with Crippen LogP contribution in [0.4, 0.5) is 0 Å². The summed E-state index contributed by atoms with van der Waals surface area (Å²) in [6.07, 6.45) is 0.986. The fourth-order valence-electron chi connectivity index (χ4n) is 1.73. The van der Waals surface area contributed by atoms with Gasteiger partial charge in [0.1, 0.15) is 11.5 Å². The smallest absolute Gasteiger partial charge is 0.129 e. The zero-order valence-electron chi connectivity index (χ0n) is 9.34. The molecule has 1 aliphatic rings. The van der Waals surface area contributed by atoms with E-state index in [1.165, 1.54) is 11.1 Å². The van der Waals surface area contributed by atoms with Crippen molar-refractivity contribution in [3.63, 3.8) is 0 Å². The predicted octanol–water partition coefficient (Wildman–Crippen LogP) is 2.64. The van der Waals surface area contributed by atoms with Gasteiger partial charge in [0.05, 0.1) is 0 Å². The van der Waals surface area contributed by atoms with Crippen LogP contribution in [0.15, 0.2) is 35.6 Å². The van der Waals surface area contributed by atoms with Crippen LogP contribution in [0.2, 0.25) is 0 Å². The molecule has 1 N–H and O–H groups in total. The van der Waals surface area contributed by atoms with Gasteiger partial charge in [-0.05, 0) is 31.1 Å². The van der Waals surface area contributed by atoms with Crippen LogP contribution >= 0.6 is 0 Å². The predicted molar refractivity (Wildman–Crippen MR) is 62.0 cm³/mol. The van der Waals surface area contributed by atoms with Gasteiger partial charge in [-0.3, -0.25) is 0 Å². The summed E-state index contributed by atoms with van der Waals surface area (Å²) in [6, 6.07) is 8.15. The van der Waals surface area contributed by atoms with E-state index in [1.807, 2.05) is 18.2 Å². The Morgan fingerprint density at radius 2 is 2.00 bits per heavy atom. The summed E-state index contributed by atoms with van der Waals surface area (Å²) in [4.78, 5) is 0. The summed E-state index contributed by atoms with van der Waals surface area (Å²) < 4.78 is 5.94. The van der Waals surface area contributed by atoms with Crippen molar-refractivity contribution in [2.75, 3.05) is 13.1 Å². The number of hydrogen-bond acceptors (Lipinski definition) is 2. The molecule has 0 bridgehead atoms. The minimum atomic E-state index is 0.946. The van der Waals surface area contributed by atoms with E-state index in [9.17, 15) is 0 Å². The highest BCUT2D eigenvalue weighted by atomic mass is 16.5. The second-order valence-electron chi connectivity index (χ2n) is 4.00. The van der Waals surface area contributed by atoms with E-state index in [2.05, 4.69) is 25.2 Å². The molecule has 1 aromatic rings. The molecule has 2 rings (SSSR count). The Bertz CT molecular complexity index is 382. The SMILES string of the molecule is CC1=C(Oc2ccccc2C)CCNC1. The molecule has 1 aromatic carbocycles. The van der Waals surface area contributed by atoms with Gasteiger partial charge in [-0.25, -0.2) is 0 Å². The van der Waals surface area contributed by atoms with Gasteiger partial charge in [-0.1, -0.05) is 18.2 Å². The average molecular weight is 203 g/mol. The standard InChI is InChI=1S/C13H17NO/c1-10-5-3-4-6-12(10)15-13-7-8-14-9-11(13)2/h3-6,14H,7-9H2,1-2H3. The van der Waals surface area contributed by atoms with Gasteiger partial charge in [0.2, 0.25) is 0 Å². The summed E-state index contributed by atoms with van der Waals surface area (Å²) >= 11 is 0. The second-order valence-corrected chi connectivity index (χ2v) is 4.00. The molecule has 0 aliphatic carbocycles. The Hall–Kier alpha value is -1.28. The van der Waals surface area contributed by atoms with Crippen LogP contribution in [-0.2, 0) is 0 Å². The summed E-state index contributed by atoms with van der Waals surface area (Å²) in [5.74, 6) is 2.11. The molecule has 0 saturated carbocycles. The van der Waals surface area contributed by atoms with Crippen LogP contribution in [0.3, 0.4) is 0 Å². The zero-order chi connectivity index (χ0) is 10.7. The van der Waals surface area contributed by atoms with E-state index in [0.29, 0.717) is 0 Å². The lowest BCUT2D eigenvalue weighted by molar-refractivity contribution is 0.377. The highest BCUT2D eigenvalue weighted by molar-refractivity contribution is 5.34. The minimum absolute atomic E-state index is 0.946. The first-order valence-electron chi connectivity index (χ1n) is 5.40. The van der Waals surface area contributed by atoms with E-state index >= 15 is 0 Å². The summed E-state index contributed by atoms with van der Waals surface area (Å²) in [7, 11) is 0. The topological polar surface area (TPSA) is 21.3 Å². The Morgan fingerprint density at radius 3 is 2.73 bits per heavy atom. The maximum absolute atomic E-state index is 5.94. The lowest BCUT2D eigenvalue weighted by Crippen LogP contribution is -2.25. The maximum atomic E-state index is 5.94. The maximum Gasteiger partial charge on any atom is 0.129 e. The third-order valence-corrected chi connectivity index (χ3v) is 2.72. The van der Waals surface area contributed by atoms with Crippen molar-refractivity contribution in [2.45, 2.75) is 20.3 Å². The highest BCUT2D eigenvalue weighted by Gasteiger charge is 2.11. The first kappa shape index (κ1) is 10.2. The molecule has 0 saturated heterocycles. The van der Waals surface area contributed by atoms with Gasteiger partial charge < -0.3 is 10.1 Å². The van der Waals surface area contributed by atoms with Crippen molar-refractivity contribution >= 4 is 0 Å². The van der Waals surface area contributed by atoms with Gasteiger partial charge >= 0.3 is 0 Å². The van der Waals surface area contributed by atoms with Crippen molar-refractivity contribution in [3.8, 4) is 5.75 Å². The fourth-order valence-corrected chi connectivity index (χ4v) is 1.73. The Balaban J connectivity index is 2.18. The van der Waals surface area contributed by atoms with E-state index in [0.717, 1.165) is 31.0 Å². The lowest BCUT2D eigenvalue weighted by Gasteiger charge is -2.20. The molecule has 0 fully saturated rings. The van der Waals surface area contributed by atoms with Gasteiger partial charge in [-0.2, -0.15) is 0 Å². The molecule has 0 atom stereocenters. The van der Waals surface area contributed by atoms with Gasteiger partial charge in [0.15, 0.2) is 0 Å². The molecular formula is C13H17NO. The molecular weight excluding hydrogens is 186 g/mol. The van der Waals surface area contributed by atoms with Crippen molar-refractivity contribution in [1.82, 2.24) is 5.32 Å². The van der Waals surface area contributed by atoms with Gasteiger partial charge in [-0.15, -0.1) is 0 Å². The number of ether oxygens (including phenoxy) is 1. The largest absolute Gasteiger partial charge is 0.461 e. The monoisotopic (exact) mass is 203 g/mol. The average Bonchev–Trinajstić information content (AvgIpc) is 2.24. The molecule has 80 valence electrons. The van der Waals surface area contributed by atoms with Gasteiger partial charge in [0.25, 0.3) is 0 Å². The number of benzene rings is 1. The Morgan fingerprint density at radius 1 is 1.20 bits per heavy atom. The first-order valence-corrected chi connectivity index (χ1v) is 5.40. The molecule has 1 aliphatic heterocycles. The molecule has 15 heavy (non-hydrogen) atoms. The molecule has 0 radical (unpaired) electrons. The quantitative estimate of drug-likeness (QED) is 0.797. The van der Waals surface area contributed by atoms with Gasteiger partial charge in [0, 0.05) is 19.5 Å².